The molecule has 1 unspecified atom stereocenters. The van der Waals surface area contributed by atoms with E-state index in [2.05, 4.69) is 21.9 Å². The van der Waals surface area contributed by atoms with Crippen molar-refractivity contribution in [2.75, 3.05) is 11.0 Å². The molecular weight excluding hydrogens is 426 g/mol. The summed E-state index contributed by atoms with van der Waals surface area (Å²) in [7, 11) is -3.60. The number of aromatic hydroxyl groups is 3. The van der Waals surface area contributed by atoms with Gasteiger partial charge in [0.2, 0.25) is 15.8 Å². The molecule has 2 aromatic rings. The third-order valence-electron chi connectivity index (χ3n) is 4.68. The maximum absolute atomic E-state index is 12.6. The van der Waals surface area contributed by atoms with E-state index in [4.69, 9.17) is 4.42 Å². The average molecular weight is 456 g/mol. The molecule has 0 radical (unpaired) electrons. The van der Waals surface area contributed by atoms with Gasteiger partial charge in [-0.15, -0.1) is 0 Å². The number of carbonyl (C=O) groups excluding carboxylic acids is 1. The molecule has 10 nitrogen and oxygen atoms in total. The second-order valence-corrected chi connectivity index (χ2v) is 9.18. The van der Waals surface area contributed by atoms with Crippen LogP contribution in [0.1, 0.15) is 61.5 Å². The van der Waals surface area contributed by atoms with Crippen molar-refractivity contribution in [2.24, 2.45) is 0 Å². The number of oxazole rings is 1. The number of hydrogen-bond donors (Lipinski definition) is 5. The molecule has 1 amide bonds. The second-order valence-electron chi connectivity index (χ2n) is 7.43. The number of hydrogen-bond acceptors (Lipinski definition) is 8. The summed E-state index contributed by atoms with van der Waals surface area (Å²) in [5.41, 5.74) is 0.272. The Bertz CT molecular complexity index is 989. The highest BCUT2D eigenvalue weighted by molar-refractivity contribution is 7.91. The number of phenols is 3. The molecule has 11 heteroatoms. The molecule has 0 aliphatic heterocycles. The molecular formula is C20H29N3O7S. The van der Waals surface area contributed by atoms with Crippen molar-refractivity contribution in [3.8, 4) is 17.2 Å². The van der Waals surface area contributed by atoms with Gasteiger partial charge in [-0.05, 0) is 18.9 Å². The van der Waals surface area contributed by atoms with Crippen molar-refractivity contribution in [2.45, 2.75) is 57.9 Å². The molecule has 31 heavy (non-hydrogen) atoms. The van der Waals surface area contributed by atoms with Crippen LogP contribution in [0.4, 0.5) is 6.01 Å². The molecule has 0 aliphatic carbocycles. The highest BCUT2D eigenvalue weighted by Crippen LogP contribution is 2.37. The number of aromatic nitrogens is 1. The number of phenolic OH excluding ortho intramolecular Hbond substituents is 3. The van der Waals surface area contributed by atoms with E-state index in [1.54, 1.807) is 0 Å². The molecule has 1 aromatic heterocycles. The lowest BCUT2D eigenvalue weighted by Crippen LogP contribution is -2.36. The van der Waals surface area contributed by atoms with E-state index in [0.29, 0.717) is 12.0 Å². The van der Waals surface area contributed by atoms with Crippen LogP contribution in [0.2, 0.25) is 0 Å². The first-order chi connectivity index (χ1) is 14.6. The fourth-order valence-corrected chi connectivity index (χ4v) is 3.51. The smallest absolute Gasteiger partial charge is 0.309 e. The van der Waals surface area contributed by atoms with Crippen LogP contribution in [0.5, 0.6) is 17.2 Å². The fourth-order valence-electron chi connectivity index (χ4n) is 3.10. The van der Waals surface area contributed by atoms with E-state index in [9.17, 15) is 28.5 Å². The summed E-state index contributed by atoms with van der Waals surface area (Å²) in [5, 5.41) is 32.2. The number of anilines is 1. The third kappa shape index (κ3) is 7.67. The first-order valence-electron chi connectivity index (χ1n) is 10.1. The molecule has 0 aliphatic rings. The Morgan fingerprint density at radius 3 is 2.52 bits per heavy atom. The van der Waals surface area contributed by atoms with Crippen LogP contribution in [0.3, 0.4) is 0 Å². The molecule has 1 aromatic carbocycles. The number of carbonyl (C=O) groups is 1. The molecule has 1 heterocycles. The van der Waals surface area contributed by atoms with Crippen LogP contribution >= 0.6 is 0 Å². The number of nitrogens with zero attached hydrogens (tertiary/aromatic N) is 1. The topological polar surface area (TPSA) is 162 Å². The minimum absolute atomic E-state index is 0.0973. The lowest BCUT2D eigenvalue weighted by atomic mass is 9.98. The van der Waals surface area contributed by atoms with Gasteiger partial charge in [0.05, 0.1) is 6.26 Å². The van der Waals surface area contributed by atoms with E-state index < -0.39 is 39.2 Å². The highest BCUT2D eigenvalue weighted by atomic mass is 32.2. The Balaban J connectivity index is 2.10. The number of benzene rings is 1. The lowest BCUT2D eigenvalue weighted by Gasteiger charge is -2.19. The van der Waals surface area contributed by atoms with Gasteiger partial charge in [-0.25, -0.2) is 13.1 Å². The SMILES string of the molecule is CCCCCCCC(Cc1ccc(O)c(O)c1O)NC(=O)c1coc(NS(C)(=O)=O)n1. The molecule has 0 spiro atoms. The summed E-state index contributed by atoms with van der Waals surface area (Å²) in [6.45, 7) is 2.12. The minimum atomic E-state index is -3.60. The van der Waals surface area contributed by atoms with E-state index in [1.165, 1.54) is 12.1 Å². The van der Waals surface area contributed by atoms with Crippen molar-refractivity contribution in [3.63, 3.8) is 0 Å². The first kappa shape index (κ1) is 24.3. The van der Waals surface area contributed by atoms with E-state index in [1.807, 2.05) is 0 Å². The van der Waals surface area contributed by atoms with Crippen molar-refractivity contribution >= 4 is 21.9 Å². The third-order valence-corrected chi connectivity index (χ3v) is 5.23. The molecule has 5 N–H and O–H groups in total. The Hall–Kier alpha value is -2.95. The molecule has 0 bridgehead atoms. The number of nitrogens with one attached hydrogen (secondary N) is 2. The lowest BCUT2D eigenvalue weighted by molar-refractivity contribution is 0.0929. The predicted molar refractivity (Wildman–Crippen MR) is 115 cm³/mol. The number of amides is 1. The van der Waals surface area contributed by atoms with Crippen LogP contribution in [-0.4, -0.2) is 46.9 Å². The molecule has 172 valence electrons. The van der Waals surface area contributed by atoms with Crippen LogP contribution in [0, 0.1) is 0 Å². The summed E-state index contributed by atoms with van der Waals surface area (Å²) in [4.78, 5) is 16.4. The van der Waals surface area contributed by atoms with Gasteiger partial charge in [0.1, 0.15) is 6.26 Å². The van der Waals surface area contributed by atoms with Crippen LogP contribution < -0.4 is 10.0 Å². The highest BCUT2D eigenvalue weighted by Gasteiger charge is 2.21. The summed E-state index contributed by atoms with van der Waals surface area (Å²) in [6.07, 6.45) is 7.95. The first-order valence-corrected chi connectivity index (χ1v) is 12.0. The summed E-state index contributed by atoms with van der Waals surface area (Å²) < 4.78 is 29.6. The number of rotatable bonds is 12. The molecule has 2 rings (SSSR count). The normalized spacial score (nSPS) is 12.5. The standard InChI is InChI=1S/C20H29N3O7S/c1-3-4-5-6-7-8-14(11-13-9-10-16(24)18(26)17(13)25)21-19(27)15-12-30-20(22-15)23-31(2,28)29/h9-10,12,14,24-26H,3-8,11H2,1-2H3,(H,21,27)(H,22,23). The minimum Gasteiger partial charge on any atom is -0.504 e. The summed E-state index contributed by atoms with van der Waals surface area (Å²) in [6, 6.07) is 2.03. The van der Waals surface area contributed by atoms with Gasteiger partial charge in [0.15, 0.2) is 17.2 Å². The average Bonchev–Trinajstić information content (AvgIpc) is 3.14. The Morgan fingerprint density at radius 2 is 1.84 bits per heavy atom. The van der Waals surface area contributed by atoms with Gasteiger partial charge in [-0.3, -0.25) is 4.79 Å². The largest absolute Gasteiger partial charge is 0.504 e. The van der Waals surface area contributed by atoms with Crippen LogP contribution in [0.15, 0.2) is 22.8 Å². The van der Waals surface area contributed by atoms with E-state index in [-0.39, 0.29) is 18.1 Å². The van der Waals surface area contributed by atoms with Gasteiger partial charge in [-0.1, -0.05) is 45.1 Å². The zero-order chi connectivity index (χ0) is 23.0. The van der Waals surface area contributed by atoms with Crippen molar-refractivity contribution in [3.05, 3.63) is 29.7 Å². The van der Waals surface area contributed by atoms with Gasteiger partial charge < -0.3 is 25.1 Å². The number of sulfonamides is 1. The zero-order valence-electron chi connectivity index (χ0n) is 17.6. The van der Waals surface area contributed by atoms with Gasteiger partial charge >= 0.3 is 6.01 Å². The quantitative estimate of drug-likeness (QED) is 0.241. The Morgan fingerprint density at radius 1 is 1.13 bits per heavy atom. The summed E-state index contributed by atoms with van der Waals surface area (Å²) >= 11 is 0. The predicted octanol–water partition coefficient (Wildman–Crippen LogP) is 2.86. The monoisotopic (exact) mass is 455 g/mol. The maximum atomic E-state index is 12.6. The van der Waals surface area contributed by atoms with Gasteiger partial charge in [0.25, 0.3) is 5.91 Å². The van der Waals surface area contributed by atoms with Gasteiger partial charge in [-0.2, -0.15) is 4.98 Å². The van der Waals surface area contributed by atoms with E-state index in [0.717, 1.165) is 44.6 Å². The van der Waals surface area contributed by atoms with Gasteiger partial charge in [0, 0.05) is 11.6 Å². The zero-order valence-corrected chi connectivity index (χ0v) is 18.4. The Kier molecular flexibility index (Phi) is 8.55. The van der Waals surface area contributed by atoms with Crippen LogP contribution in [0.25, 0.3) is 0 Å². The van der Waals surface area contributed by atoms with Crippen molar-refractivity contribution in [1.82, 2.24) is 10.3 Å². The van der Waals surface area contributed by atoms with Crippen molar-refractivity contribution < 1.29 is 32.9 Å². The molecule has 0 saturated carbocycles. The molecule has 0 fully saturated rings. The summed E-state index contributed by atoms with van der Waals surface area (Å²) in [5.74, 6) is -2.05. The number of unbranched alkanes of at least 4 members (excludes halogenated alkanes) is 4. The Labute approximate surface area is 181 Å². The molecule has 0 saturated heterocycles. The van der Waals surface area contributed by atoms with E-state index >= 15 is 0 Å². The second kappa shape index (κ2) is 10.9. The van der Waals surface area contributed by atoms with Crippen molar-refractivity contribution in [1.29, 1.82) is 0 Å². The maximum Gasteiger partial charge on any atom is 0.309 e. The van der Waals surface area contributed by atoms with Crippen LogP contribution in [-0.2, 0) is 16.4 Å². The molecule has 1 atom stereocenters. The fraction of sp³-hybridized carbons (Fsp3) is 0.500.